The van der Waals surface area contributed by atoms with Gasteiger partial charge < -0.3 is 10.1 Å². The highest BCUT2D eigenvalue weighted by Gasteiger charge is 2.09. The quantitative estimate of drug-likeness (QED) is 0.570. The molecule has 0 saturated heterocycles. The third-order valence-corrected chi connectivity index (χ3v) is 4.20. The molecule has 0 unspecified atom stereocenters. The molecule has 0 bridgehead atoms. The van der Waals surface area contributed by atoms with E-state index in [0.29, 0.717) is 0 Å². The summed E-state index contributed by atoms with van der Waals surface area (Å²) in [5.41, 5.74) is 6.14. The predicted molar refractivity (Wildman–Crippen MR) is 100 cm³/mol. The van der Waals surface area contributed by atoms with E-state index in [0.717, 1.165) is 39.2 Å². The Hall–Kier alpha value is -3.34. The van der Waals surface area contributed by atoms with Crippen molar-refractivity contribution in [1.82, 2.24) is 15.2 Å². The first kappa shape index (κ1) is 15.2. The Morgan fingerprint density at radius 3 is 2.72 bits per heavy atom. The van der Waals surface area contributed by atoms with Crippen LogP contribution in [0.1, 0.15) is 5.56 Å². The van der Waals surface area contributed by atoms with Gasteiger partial charge in [-0.3, -0.25) is 10.1 Å². The van der Waals surface area contributed by atoms with E-state index >= 15 is 0 Å². The number of hydrogen-bond donors (Lipinski definition) is 2. The number of rotatable bonds is 4. The number of benzene rings is 2. The number of nitrogens with one attached hydrogen (secondary N) is 2. The fourth-order valence-electron chi connectivity index (χ4n) is 2.90. The van der Waals surface area contributed by atoms with Crippen LogP contribution in [-0.4, -0.2) is 22.3 Å². The number of aromatic nitrogens is 3. The molecular formula is C20H18N4O. The molecule has 0 amide bonds. The van der Waals surface area contributed by atoms with E-state index < -0.39 is 0 Å². The first-order valence-electron chi connectivity index (χ1n) is 8.04. The van der Waals surface area contributed by atoms with Gasteiger partial charge in [0.05, 0.1) is 24.5 Å². The third kappa shape index (κ3) is 2.92. The third-order valence-electron chi connectivity index (χ3n) is 4.20. The average Bonchev–Trinajstić information content (AvgIpc) is 3.16. The number of fused-ring (bicyclic) bond motifs is 1. The second-order valence-corrected chi connectivity index (χ2v) is 5.91. The molecule has 4 rings (SSSR count). The van der Waals surface area contributed by atoms with Crippen LogP contribution in [0.2, 0.25) is 0 Å². The molecule has 2 N–H and O–H groups in total. The lowest BCUT2D eigenvalue weighted by molar-refractivity contribution is 0.417. The van der Waals surface area contributed by atoms with Crippen LogP contribution in [0.4, 0.5) is 11.4 Å². The number of hydrogen-bond acceptors (Lipinski definition) is 4. The minimum absolute atomic E-state index is 0.774. The van der Waals surface area contributed by atoms with Crippen LogP contribution < -0.4 is 10.1 Å². The Bertz CT molecular complexity index is 1030. The molecule has 5 nitrogen and oxygen atoms in total. The maximum atomic E-state index is 5.58. The van der Waals surface area contributed by atoms with Gasteiger partial charge in [0.2, 0.25) is 0 Å². The van der Waals surface area contributed by atoms with Crippen molar-refractivity contribution < 1.29 is 4.74 Å². The van der Waals surface area contributed by atoms with Crippen molar-refractivity contribution in [2.75, 3.05) is 12.4 Å². The molecule has 25 heavy (non-hydrogen) atoms. The maximum Gasteiger partial charge on any atom is 0.142 e. The van der Waals surface area contributed by atoms with Gasteiger partial charge >= 0.3 is 0 Å². The van der Waals surface area contributed by atoms with E-state index in [1.165, 1.54) is 5.56 Å². The van der Waals surface area contributed by atoms with E-state index in [4.69, 9.17) is 4.74 Å². The Labute approximate surface area is 145 Å². The van der Waals surface area contributed by atoms with Gasteiger partial charge in [0.15, 0.2) is 0 Å². The molecular weight excluding hydrogens is 312 g/mol. The molecule has 0 aliphatic heterocycles. The number of pyridine rings is 1. The van der Waals surface area contributed by atoms with Crippen molar-refractivity contribution >= 4 is 22.3 Å². The second-order valence-electron chi connectivity index (χ2n) is 5.91. The first-order valence-corrected chi connectivity index (χ1v) is 8.04. The molecule has 5 heteroatoms. The summed E-state index contributed by atoms with van der Waals surface area (Å²) in [6, 6.07) is 14.3. The lowest BCUT2D eigenvalue weighted by Gasteiger charge is -2.14. The maximum absolute atomic E-state index is 5.58. The minimum Gasteiger partial charge on any atom is -0.495 e. The Morgan fingerprint density at radius 2 is 1.92 bits per heavy atom. The lowest BCUT2D eigenvalue weighted by atomic mass is 10.1. The summed E-state index contributed by atoms with van der Waals surface area (Å²) >= 11 is 0. The Morgan fingerprint density at radius 1 is 1.00 bits per heavy atom. The Balaban J connectivity index is 1.74. The summed E-state index contributed by atoms with van der Waals surface area (Å²) in [6.07, 6.45) is 5.47. The van der Waals surface area contributed by atoms with Gasteiger partial charge in [-0.15, -0.1) is 0 Å². The minimum atomic E-state index is 0.774. The molecule has 2 aromatic heterocycles. The van der Waals surface area contributed by atoms with Gasteiger partial charge in [0, 0.05) is 29.0 Å². The average molecular weight is 330 g/mol. The zero-order valence-electron chi connectivity index (χ0n) is 14.1. The summed E-state index contributed by atoms with van der Waals surface area (Å²) in [6.45, 7) is 2.07. The molecule has 124 valence electrons. The highest BCUT2D eigenvalue weighted by atomic mass is 16.5. The predicted octanol–water partition coefficient (Wildman–Crippen LogP) is 4.69. The highest BCUT2D eigenvalue weighted by Crippen LogP contribution is 2.34. The summed E-state index contributed by atoms with van der Waals surface area (Å²) in [4.78, 5) is 4.45. The largest absolute Gasteiger partial charge is 0.495 e. The number of methoxy groups -OCH3 is 1. The summed E-state index contributed by atoms with van der Waals surface area (Å²) in [7, 11) is 1.67. The lowest BCUT2D eigenvalue weighted by Crippen LogP contribution is -1.96. The SMILES string of the molecule is COc1cc(-c2cn[nH]c2)ccc1Nc1ccnc2cc(C)ccc12. The molecule has 0 atom stereocenters. The van der Waals surface area contributed by atoms with Crippen molar-refractivity contribution in [3.63, 3.8) is 0 Å². The smallest absolute Gasteiger partial charge is 0.142 e. The first-order chi connectivity index (χ1) is 12.2. The molecule has 0 fully saturated rings. The number of ether oxygens (including phenoxy) is 1. The highest BCUT2D eigenvalue weighted by molar-refractivity contribution is 5.93. The number of anilines is 2. The van der Waals surface area contributed by atoms with Gasteiger partial charge in [0.1, 0.15) is 5.75 Å². The van der Waals surface area contributed by atoms with Crippen molar-refractivity contribution in [1.29, 1.82) is 0 Å². The topological polar surface area (TPSA) is 62.8 Å². The van der Waals surface area contributed by atoms with Crippen molar-refractivity contribution in [3.05, 3.63) is 66.6 Å². The van der Waals surface area contributed by atoms with Crippen molar-refractivity contribution in [2.24, 2.45) is 0 Å². The van der Waals surface area contributed by atoms with E-state index in [1.807, 2.05) is 36.7 Å². The van der Waals surface area contributed by atoms with Gasteiger partial charge in [-0.2, -0.15) is 5.10 Å². The number of nitrogens with zero attached hydrogens (tertiary/aromatic N) is 2. The molecule has 0 radical (unpaired) electrons. The zero-order valence-corrected chi connectivity index (χ0v) is 14.1. The standard InChI is InChI=1S/C20H18N4O/c1-13-3-5-16-17(7-8-21-19(16)9-13)24-18-6-4-14(10-20(18)25-2)15-11-22-23-12-15/h3-12H,1-2H3,(H,21,24)(H,22,23). The number of aromatic amines is 1. The van der Waals surface area contributed by atoms with Crippen LogP contribution >= 0.6 is 0 Å². The Kier molecular flexibility index (Phi) is 3.82. The van der Waals surface area contributed by atoms with Crippen LogP contribution in [0.5, 0.6) is 5.75 Å². The summed E-state index contributed by atoms with van der Waals surface area (Å²) in [5, 5.41) is 11.4. The molecule has 0 aliphatic carbocycles. The fourth-order valence-corrected chi connectivity index (χ4v) is 2.90. The molecule has 4 aromatic rings. The molecule has 2 aromatic carbocycles. The second kappa shape index (κ2) is 6.28. The fraction of sp³-hybridized carbons (Fsp3) is 0.100. The van der Waals surface area contributed by atoms with Crippen LogP contribution in [-0.2, 0) is 0 Å². The van der Waals surface area contributed by atoms with Gasteiger partial charge in [-0.1, -0.05) is 18.2 Å². The monoisotopic (exact) mass is 330 g/mol. The number of aryl methyl sites for hydroxylation is 1. The van der Waals surface area contributed by atoms with Crippen molar-refractivity contribution in [2.45, 2.75) is 6.92 Å². The normalized spacial score (nSPS) is 10.8. The van der Waals surface area contributed by atoms with Gasteiger partial charge in [0.25, 0.3) is 0 Å². The van der Waals surface area contributed by atoms with Gasteiger partial charge in [-0.25, -0.2) is 0 Å². The molecule has 0 saturated carbocycles. The molecule has 2 heterocycles. The van der Waals surface area contributed by atoms with Crippen LogP contribution in [0.3, 0.4) is 0 Å². The van der Waals surface area contributed by atoms with Crippen LogP contribution in [0.15, 0.2) is 61.1 Å². The van der Waals surface area contributed by atoms with Crippen LogP contribution in [0.25, 0.3) is 22.0 Å². The molecule has 0 aliphatic rings. The summed E-state index contributed by atoms with van der Waals surface area (Å²) in [5.74, 6) is 0.774. The van der Waals surface area contributed by atoms with E-state index in [-0.39, 0.29) is 0 Å². The van der Waals surface area contributed by atoms with Gasteiger partial charge in [-0.05, 0) is 42.3 Å². The van der Waals surface area contributed by atoms with Crippen LogP contribution in [0, 0.1) is 6.92 Å². The number of H-pyrrole nitrogens is 1. The van der Waals surface area contributed by atoms with E-state index in [2.05, 4.69) is 45.6 Å². The molecule has 0 spiro atoms. The van der Waals surface area contributed by atoms with E-state index in [1.54, 1.807) is 13.3 Å². The van der Waals surface area contributed by atoms with Crippen molar-refractivity contribution in [3.8, 4) is 16.9 Å². The van der Waals surface area contributed by atoms with E-state index in [9.17, 15) is 0 Å². The summed E-state index contributed by atoms with van der Waals surface area (Å²) < 4.78 is 5.58. The zero-order chi connectivity index (χ0) is 17.2.